The zero-order chi connectivity index (χ0) is 14.8. The molecule has 0 aliphatic carbocycles. The minimum atomic E-state index is -3.47. The van der Waals surface area contributed by atoms with Crippen molar-refractivity contribution in [3.05, 3.63) is 30.5 Å². The highest BCUT2D eigenvalue weighted by Gasteiger charge is 2.24. The van der Waals surface area contributed by atoms with Crippen LogP contribution in [0.25, 0.3) is 0 Å². The summed E-state index contributed by atoms with van der Waals surface area (Å²) in [6.45, 7) is 4.14. The van der Waals surface area contributed by atoms with E-state index in [2.05, 4.69) is 10.1 Å². The second-order valence-corrected chi connectivity index (χ2v) is 8.64. The van der Waals surface area contributed by atoms with E-state index in [9.17, 15) is 8.42 Å². The summed E-state index contributed by atoms with van der Waals surface area (Å²) in [5, 5.41) is 4.25. The van der Waals surface area contributed by atoms with Crippen molar-refractivity contribution in [2.45, 2.75) is 11.6 Å². The SMILES string of the molecule is CPN(PC)S(=O)(=O)c1ccn(Cc2nccn2C)n1. The van der Waals surface area contributed by atoms with Crippen LogP contribution in [0.3, 0.4) is 0 Å². The molecule has 2 heterocycles. The molecule has 2 aromatic rings. The van der Waals surface area contributed by atoms with Gasteiger partial charge in [-0.1, -0.05) is 0 Å². The zero-order valence-electron chi connectivity index (χ0n) is 11.5. The van der Waals surface area contributed by atoms with Gasteiger partial charge in [-0.25, -0.2) is 13.4 Å². The van der Waals surface area contributed by atoms with Crippen LogP contribution >= 0.6 is 17.5 Å². The molecule has 0 saturated heterocycles. The first-order chi connectivity index (χ1) is 9.48. The van der Waals surface area contributed by atoms with E-state index in [0.29, 0.717) is 6.54 Å². The molecule has 110 valence electrons. The molecule has 20 heavy (non-hydrogen) atoms. The number of aromatic nitrogens is 4. The first-order valence-electron chi connectivity index (χ1n) is 5.88. The quantitative estimate of drug-likeness (QED) is 0.742. The number of hydrogen-bond donors (Lipinski definition) is 0. The standard InChI is InChI=1S/C10H17N5O2P2S/c1-13-7-5-11-9(13)8-14-6-4-10(12-14)20(16,17)15(18-2)19-3/h4-7,18-19H,8H2,1-3H3. The van der Waals surface area contributed by atoms with E-state index in [1.54, 1.807) is 17.1 Å². The number of nitrogens with zero attached hydrogens (tertiary/aromatic N) is 5. The van der Waals surface area contributed by atoms with Gasteiger partial charge in [-0.2, -0.15) is 8.94 Å². The Morgan fingerprint density at radius 1 is 1.30 bits per heavy atom. The molecule has 0 N–H and O–H groups in total. The average molecular weight is 333 g/mol. The Morgan fingerprint density at radius 2 is 2.00 bits per heavy atom. The van der Waals surface area contributed by atoms with Crippen molar-refractivity contribution in [2.24, 2.45) is 7.05 Å². The van der Waals surface area contributed by atoms with Crippen LogP contribution in [0.15, 0.2) is 29.7 Å². The summed E-state index contributed by atoms with van der Waals surface area (Å²) >= 11 is 0. The maximum atomic E-state index is 12.3. The van der Waals surface area contributed by atoms with Crippen molar-refractivity contribution in [2.75, 3.05) is 13.3 Å². The van der Waals surface area contributed by atoms with Crippen LogP contribution in [0.4, 0.5) is 0 Å². The molecule has 0 radical (unpaired) electrons. The third kappa shape index (κ3) is 3.09. The van der Waals surface area contributed by atoms with Crippen molar-refractivity contribution in [3.63, 3.8) is 0 Å². The van der Waals surface area contributed by atoms with Crippen LogP contribution in [0, 0.1) is 0 Å². The number of imidazole rings is 1. The van der Waals surface area contributed by atoms with Gasteiger partial charge in [0.15, 0.2) is 5.03 Å². The molecular formula is C10H17N5O2P2S. The molecule has 2 atom stereocenters. The van der Waals surface area contributed by atoms with E-state index in [0.717, 1.165) is 5.82 Å². The van der Waals surface area contributed by atoms with Crippen LogP contribution in [-0.4, -0.2) is 44.9 Å². The Hall–Kier alpha value is -0.810. The third-order valence-corrected chi connectivity index (χ3v) is 8.67. The van der Waals surface area contributed by atoms with E-state index in [1.165, 1.54) is 9.91 Å². The van der Waals surface area contributed by atoms with Gasteiger partial charge in [0, 0.05) is 25.6 Å². The summed E-state index contributed by atoms with van der Waals surface area (Å²) < 4.78 is 29.6. The summed E-state index contributed by atoms with van der Waals surface area (Å²) in [7, 11) is -1.17. The zero-order valence-corrected chi connectivity index (χ0v) is 14.3. The van der Waals surface area contributed by atoms with Crippen molar-refractivity contribution < 1.29 is 8.42 Å². The molecule has 2 unspecified atom stereocenters. The Morgan fingerprint density at radius 3 is 2.55 bits per heavy atom. The summed E-state index contributed by atoms with van der Waals surface area (Å²) in [5.74, 6) is 0.823. The monoisotopic (exact) mass is 333 g/mol. The molecule has 0 aromatic carbocycles. The smallest absolute Gasteiger partial charge is 0.268 e. The van der Waals surface area contributed by atoms with Crippen LogP contribution in [-0.2, 0) is 23.6 Å². The van der Waals surface area contributed by atoms with E-state index >= 15 is 0 Å². The number of aryl methyl sites for hydroxylation is 1. The second-order valence-electron chi connectivity index (χ2n) is 4.02. The first kappa shape index (κ1) is 15.6. The van der Waals surface area contributed by atoms with E-state index in [1.807, 2.05) is 31.1 Å². The van der Waals surface area contributed by atoms with Crippen LogP contribution in [0.5, 0.6) is 0 Å². The van der Waals surface area contributed by atoms with Crippen molar-refractivity contribution >= 4 is 27.5 Å². The van der Waals surface area contributed by atoms with Gasteiger partial charge in [-0.3, -0.25) is 4.68 Å². The minimum Gasteiger partial charge on any atom is -0.336 e. The van der Waals surface area contributed by atoms with Gasteiger partial charge >= 0.3 is 0 Å². The van der Waals surface area contributed by atoms with Crippen LogP contribution in [0.1, 0.15) is 5.82 Å². The average Bonchev–Trinajstić information content (AvgIpc) is 3.02. The van der Waals surface area contributed by atoms with Gasteiger partial charge < -0.3 is 4.57 Å². The maximum Gasteiger partial charge on any atom is 0.268 e. The fourth-order valence-corrected chi connectivity index (χ4v) is 5.71. The predicted molar refractivity (Wildman–Crippen MR) is 82.0 cm³/mol. The molecule has 0 aliphatic heterocycles. The van der Waals surface area contributed by atoms with Crippen LogP contribution < -0.4 is 0 Å². The fraction of sp³-hybridized carbons (Fsp3) is 0.400. The van der Waals surface area contributed by atoms with Gasteiger partial charge in [0.1, 0.15) is 5.82 Å². The van der Waals surface area contributed by atoms with Gasteiger partial charge in [0.05, 0.1) is 6.54 Å². The van der Waals surface area contributed by atoms with Gasteiger partial charge in [-0.05, 0) is 36.9 Å². The van der Waals surface area contributed by atoms with Gasteiger partial charge in [-0.15, -0.1) is 0 Å². The number of rotatable bonds is 6. The summed E-state index contributed by atoms with van der Waals surface area (Å²) in [4.78, 5) is 4.19. The topological polar surface area (TPSA) is 73.0 Å². The lowest BCUT2D eigenvalue weighted by Crippen LogP contribution is -2.16. The van der Waals surface area contributed by atoms with E-state index in [4.69, 9.17) is 0 Å². The minimum absolute atomic E-state index is 0.0930. The van der Waals surface area contributed by atoms with Gasteiger partial charge in [0.2, 0.25) is 0 Å². The fourth-order valence-electron chi connectivity index (χ4n) is 1.71. The highest BCUT2D eigenvalue weighted by molar-refractivity contribution is 7.97. The number of sulfonamides is 1. The summed E-state index contributed by atoms with van der Waals surface area (Å²) in [6, 6.07) is 1.53. The Balaban J connectivity index is 2.23. The molecule has 2 rings (SSSR count). The molecule has 7 nitrogen and oxygen atoms in total. The van der Waals surface area contributed by atoms with Crippen molar-refractivity contribution in [3.8, 4) is 0 Å². The lowest BCUT2D eigenvalue weighted by molar-refractivity contribution is 0.566. The molecule has 0 spiro atoms. The van der Waals surface area contributed by atoms with E-state index < -0.39 is 10.0 Å². The molecule has 2 aromatic heterocycles. The summed E-state index contributed by atoms with van der Waals surface area (Å²) in [6.07, 6.45) is 5.21. The molecule has 0 bridgehead atoms. The lowest BCUT2D eigenvalue weighted by Gasteiger charge is -2.15. The Kier molecular flexibility index (Phi) is 4.91. The second kappa shape index (κ2) is 6.31. The molecule has 0 fully saturated rings. The molecule has 0 saturated carbocycles. The van der Waals surface area contributed by atoms with Crippen molar-refractivity contribution in [1.29, 1.82) is 0 Å². The molecule has 0 amide bonds. The Labute approximate surface area is 122 Å². The maximum absolute atomic E-state index is 12.3. The first-order valence-corrected chi connectivity index (χ1v) is 10.2. The lowest BCUT2D eigenvalue weighted by atomic mass is 10.6. The number of hydrogen-bond acceptors (Lipinski definition) is 4. The van der Waals surface area contributed by atoms with Crippen molar-refractivity contribution in [1.82, 2.24) is 23.2 Å². The Bertz CT molecular complexity index is 677. The molecule has 0 aliphatic rings. The highest BCUT2D eigenvalue weighted by atomic mass is 32.2. The van der Waals surface area contributed by atoms with E-state index in [-0.39, 0.29) is 22.5 Å². The largest absolute Gasteiger partial charge is 0.336 e. The third-order valence-electron chi connectivity index (χ3n) is 2.75. The van der Waals surface area contributed by atoms with Gasteiger partial charge in [0.25, 0.3) is 10.0 Å². The predicted octanol–water partition coefficient (Wildman–Crippen LogP) is 1.10. The molecule has 10 heteroatoms. The van der Waals surface area contributed by atoms with Crippen LogP contribution in [0.2, 0.25) is 0 Å². The summed E-state index contributed by atoms with van der Waals surface area (Å²) in [5.41, 5.74) is 0. The molecular weight excluding hydrogens is 316 g/mol. The normalized spacial score (nSPS) is 13.4. The highest BCUT2D eigenvalue weighted by Crippen LogP contribution is 2.34.